The van der Waals surface area contributed by atoms with Gasteiger partial charge in [-0.25, -0.2) is 4.79 Å². The fraction of sp³-hybridized carbons (Fsp3) is 0.818. The lowest BCUT2D eigenvalue weighted by atomic mass is 9.79. The molecule has 0 bridgehead atoms. The molecule has 1 N–H and O–H groups in total. The van der Waals surface area contributed by atoms with Crippen molar-refractivity contribution >= 4 is 35.5 Å². The quantitative estimate of drug-likeness (QED) is 0.320. The second-order valence-corrected chi connectivity index (χ2v) is 10.3. The van der Waals surface area contributed by atoms with Crippen LogP contribution in [0.4, 0.5) is 0 Å². The minimum absolute atomic E-state index is 0.0841. The summed E-state index contributed by atoms with van der Waals surface area (Å²) in [5.74, 6) is -1.79. The average molecular weight is 455 g/mol. The number of esters is 1. The standard InChI is InChI=1S/C22H34N2O6S/c1-5-6-7-8-11-30-22(29)18-19(31-15-9-10-23(14(4)26)20(15)27)12(2)17-16(13(3)25)21(28)24(17)18/h12-13,15-19,25H,5-11H2,1-4H3. The largest absolute Gasteiger partial charge is 0.464 e. The topological polar surface area (TPSA) is 104 Å². The lowest BCUT2D eigenvalue weighted by molar-refractivity contribution is -0.172. The lowest BCUT2D eigenvalue weighted by Gasteiger charge is -2.47. The van der Waals surface area contributed by atoms with Crippen LogP contribution in [0.1, 0.15) is 59.8 Å². The number of unbranched alkanes of at least 4 members (excludes halogenated alkanes) is 3. The number of hydrogen-bond acceptors (Lipinski definition) is 7. The number of β-lactam (4-membered cyclic amide) rings is 1. The van der Waals surface area contributed by atoms with E-state index < -0.39 is 29.3 Å². The van der Waals surface area contributed by atoms with Crippen LogP contribution in [-0.2, 0) is 23.9 Å². The smallest absolute Gasteiger partial charge is 0.330 e. The Labute approximate surface area is 188 Å². The molecule has 0 radical (unpaired) electrons. The summed E-state index contributed by atoms with van der Waals surface area (Å²) in [6.07, 6.45) is 3.66. The predicted octanol–water partition coefficient (Wildman–Crippen LogP) is 1.59. The van der Waals surface area contributed by atoms with Crippen LogP contribution in [0.5, 0.6) is 0 Å². The lowest BCUT2D eigenvalue weighted by Crippen LogP contribution is -2.65. The molecular formula is C22H34N2O6S. The fourth-order valence-electron chi connectivity index (χ4n) is 5.11. The zero-order valence-electron chi connectivity index (χ0n) is 18.8. The van der Waals surface area contributed by atoms with Gasteiger partial charge in [-0.1, -0.05) is 33.1 Å². The highest BCUT2D eigenvalue weighted by Gasteiger charge is 2.65. The van der Waals surface area contributed by atoms with E-state index in [0.29, 0.717) is 19.6 Å². The van der Waals surface area contributed by atoms with Crippen LogP contribution in [0.25, 0.3) is 0 Å². The number of aliphatic hydroxyl groups excluding tert-OH is 1. The summed E-state index contributed by atoms with van der Waals surface area (Å²) in [4.78, 5) is 53.0. The second-order valence-electron chi connectivity index (χ2n) is 8.92. The highest BCUT2D eigenvalue weighted by atomic mass is 32.2. The molecule has 3 amide bonds. The third kappa shape index (κ3) is 4.49. The molecule has 3 aliphatic rings. The number of imide groups is 1. The van der Waals surface area contributed by atoms with E-state index in [1.165, 1.54) is 23.6 Å². The molecule has 8 nitrogen and oxygen atoms in total. The number of carbonyl (C=O) groups is 4. The van der Waals surface area contributed by atoms with Crippen molar-refractivity contribution in [2.45, 2.75) is 88.5 Å². The van der Waals surface area contributed by atoms with Crippen LogP contribution < -0.4 is 0 Å². The van der Waals surface area contributed by atoms with Crippen LogP contribution in [-0.4, -0.2) is 80.4 Å². The molecule has 3 rings (SSSR count). The number of likely N-dealkylation sites (tertiary alicyclic amines) is 1. The molecule has 0 aromatic heterocycles. The minimum Gasteiger partial charge on any atom is -0.464 e. The first-order chi connectivity index (χ1) is 14.7. The molecule has 7 atom stereocenters. The van der Waals surface area contributed by atoms with Crippen LogP contribution in [0.15, 0.2) is 0 Å². The molecule has 0 saturated carbocycles. The Hall–Kier alpha value is -1.61. The zero-order valence-corrected chi connectivity index (χ0v) is 19.6. The van der Waals surface area contributed by atoms with E-state index >= 15 is 0 Å². The van der Waals surface area contributed by atoms with E-state index in [-0.39, 0.29) is 34.9 Å². The summed E-state index contributed by atoms with van der Waals surface area (Å²) in [7, 11) is 0. The van der Waals surface area contributed by atoms with Crippen LogP contribution in [0, 0.1) is 11.8 Å². The fourth-order valence-corrected chi connectivity index (χ4v) is 6.77. The van der Waals surface area contributed by atoms with Crippen molar-refractivity contribution in [1.29, 1.82) is 0 Å². The van der Waals surface area contributed by atoms with Gasteiger partial charge < -0.3 is 14.7 Å². The molecule has 3 fully saturated rings. The van der Waals surface area contributed by atoms with Crippen molar-refractivity contribution in [3.8, 4) is 0 Å². The number of nitrogens with zero attached hydrogens (tertiary/aromatic N) is 2. The van der Waals surface area contributed by atoms with Gasteiger partial charge >= 0.3 is 5.97 Å². The Morgan fingerprint density at radius 1 is 1.23 bits per heavy atom. The van der Waals surface area contributed by atoms with E-state index in [1.54, 1.807) is 11.8 Å². The number of aliphatic hydroxyl groups is 1. The SMILES string of the molecule is CCCCCCOC(=O)C1C(SC2CCN(C(C)=O)C2=O)C(C)C2C(C(C)O)C(=O)N12. The number of thioether (sulfide) groups is 1. The zero-order chi connectivity index (χ0) is 22.9. The van der Waals surface area contributed by atoms with Crippen LogP contribution >= 0.6 is 11.8 Å². The molecule has 0 spiro atoms. The predicted molar refractivity (Wildman–Crippen MR) is 116 cm³/mol. The van der Waals surface area contributed by atoms with Crippen LogP contribution in [0.3, 0.4) is 0 Å². The molecule has 9 heteroatoms. The van der Waals surface area contributed by atoms with Gasteiger partial charge in [0.2, 0.25) is 17.7 Å². The van der Waals surface area contributed by atoms with Gasteiger partial charge in [-0.2, -0.15) is 0 Å². The number of ether oxygens (including phenoxy) is 1. The van der Waals surface area contributed by atoms with E-state index in [2.05, 4.69) is 6.92 Å². The molecule has 3 heterocycles. The second kappa shape index (κ2) is 9.90. The molecule has 0 aliphatic carbocycles. The third-order valence-corrected chi connectivity index (χ3v) is 8.53. The maximum absolute atomic E-state index is 13.0. The van der Waals surface area contributed by atoms with Crippen molar-refractivity contribution in [3.05, 3.63) is 0 Å². The normalized spacial score (nSPS) is 33.3. The van der Waals surface area contributed by atoms with Crippen molar-refractivity contribution in [2.75, 3.05) is 13.2 Å². The third-order valence-electron chi connectivity index (χ3n) is 6.76. The first-order valence-electron chi connectivity index (χ1n) is 11.3. The van der Waals surface area contributed by atoms with Gasteiger partial charge in [0.05, 0.1) is 29.9 Å². The number of fused-ring (bicyclic) bond motifs is 1. The summed E-state index contributed by atoms with van der Waals surface area (Å²) in [6, 6.07) is -1.01. The van der Waals surface area contributed by atoms with Gasteiger partial charge in [0, 0.05) is 18.7 Å². The van der Waals surface area contributed by atoms with Gasteiger partial charge in [0.15, 0.2) is 0 Å². The van der Waals surface area contributed by atoms with Crippen molar-refractivity contribution in [2.24, 2.45) is 11.8 Å². The van der Waals surface area contributed by atoms with Gasteiger partial charge in [0.1, 0.15) is 6.04 Å². The Bertz CT molecular complexity index is 729. The Morgan fingerprint density at radius 3 is 2.52 bits per heavy atom. The van der Waals surface area contributed by atoms with Gasteiger partial charge in [-0.3, -0.25) is 19.3 Å². The van der Waals surface area contributed by atoms with E-state index in [0.717, 1.165) is 25.7 Å². The summed E-state index contributed by atoms with van der Waals surface area (Å²) < 4.78 is 5.54. The minimum atomic E-state index is -0.799. The number of amides is 3. The highest BCUT2D eigenvalue weighted by molar-refractivity contribution is 8.01. The molecule has 0 aromatic rings. The van der Waals surface area contributed by atoms with E-state index in [4.69, 9.17) is 4.74 Å². The van der Waals surface area contributed by atoms with Gasteiger partial charge in [-0.15, -0.1) is 11.8 Å². The Kier molecular flexibility index (Phi) is 7.68. The van der Waals surface area contributed by atoms with Gasteiger partial charge in [0.25, 0.3) is 0 Å². The number of rotatable bonds is 9. The maximum Gasteiger partial charge on any atom is 0.330 e. The first kappa shape index (κ1) is 24.0. The van der Waals surface area contributed by atoms with Crippen LogP contribution in [0.2, 0.25) is 0 Å². The summed E-state index contributed by atoms with van der Waals surface area (Å²) in [6.45, 7) is 7.74. The molecule has 3 aliphatic heterocycles. The molecule has 174 valence electrons. The van der Waals surface area contributed by atoms with Crippen molar-refractivity contribution < 1.29 is 29.0 Å². The van der Waals surface area contributed by atoms with Gasteiger partial charge in [-0.05, 0) is 25.7 Å². The Balaban J connectivity index is 1.74. The number of carbonyl (C=O) groups excluding carboxylic acids is 4. The van der Waals surface area contributed by atoms with E-state index in [9.17, 15) is 24.3 Å². The van der Waals surface area contributed by atoms with Crippen molar-refractivity contribution in [1.82, 2.24) is 9.80 Å². The molecular weight excluding hydrogens is 420 g/mol. The molecule has 3 saturated heterocycles. The number of hydrogen-bond donors (Lipinski definition) is 1. The van der Waals surface area contributed by atoms with E-state index in [1.807, 2.05) is 6.92 Å². The molecule has 0 aromatic carbocycles. The maximum atomic E-state index is 13.0. The summed E-state index contributed by atoms with van der Waals surface area (Å²) in [5, 5.41) is 9.36. The van der Waals surface area contributed by atoms with Crippen molar-refractivity contribution in [3.63, 3.8) is 0 Å². The Morgan fingerprint density at radius 2 is 1.94 bits per heavy atom. The molecule has 7 unspecified atom stereocenters. The monoisotopic (exact) mass is 454 g/mol. The highest BCUT2D eigenvalue weighted by Crippen LogP contribution is 2.50. The summed E-state index contributed by atoms with van der Waals surface area (Å²) >= 11 is 1.38. The summed E-state index contributed by atoms with van der Waals surface area (Å²) in [5.41, 5.74) is 0. The molecule has 31 heavy (non-hydrogen) atoms. The average Bonchev–Trinajstić information content (AvgIpc) is 3.18. The first-order valence-corrected chi connectivity index (χ1v) is 12.3.